The van der Waals surface area contributed by atoms with Crippen LogP contribution in [0, 0.1) is 5.92 Å². The number of carboxylic acids is 1. The van der Waals surface area contributed by atoms with Crippen molar-refractivity contribution in [2.24, 2.45) is 5.92 Å². The normalized spacial score (nSPS) is 15.6. The van der Waals surface area contributed by atoms with E-state index in [1.807, 2.05) is 30.5 Å². The van der Waals surface area contributed by atoms with E-state index in [4.69, 9.17) is 4.74 Å². The molecule has 1 unspecified atom stereocenters. The SMILES string of the molecule is COc1ccc2c(c1)C=C(C(C)C(=O)O)C2=Cc1ccc(SC)cc1. The largest absolute Gasteiger partial charge is 0.497 e. The van der Waals surface area contributed by atoms with Crippen LogP contribution in [-0.4, -0.2) is 24.4 Å². The summed E-state index contributed by atoms with van der Waals surface area (Å²) >= 11 is 1.70. The lowest BCUT2D eigenvalue weighted by atomic mass is 9.92. The van der Waals surface area contributed by atoms with Crippen LogP contribution < -0.4 is 4.74 Å². The Hall–Kier alpha value is -2.46. The summed E-state index contributed by atoms with van der Waals surface area (Å²) in [5.74, 6) is -0.632. The average Bonchev–Trinajstić information content (AvgIpc) is 2.99. The zero-order valence-corrected chi connectivity index (χ0v) is 15.3. The summed E-state index contributed by atoms with van der Waals surface area (Å²) in [6.45, 7) is 1.72. The van der Waals surface area contributed by atoms with Crippen molar-refractivity contribution in [2.45, 2.75) is 11.8 Å². The Balaban J connectivity index is 2.09. The molecule has 0 heterocycles. The summed E-state index contributed by atoms with van der Waals surface area (Å²) < 4.78 is 5.29. The second kappa shape index (κ2) is 7.19. The first-order valence-electron chi connectivity index (χ1n) is 8.02. The summed E-state index contributed by atoms with van der Waals surface area (Å²) in [4.78, 5) is 12.7. The molecule has 25 heavy (non-hydrogen) atoms. The van der Waals surface area contributed by atoms with Crippen LogP contribution in [0.3, 0.4) is 0 Å². The standard InChI is InChI=1S/C21H20O3S/c1-13(21(22)23)19-12-15-11-16(24-2)6-9-18(15)20(19)10-14-4-7-17(25-3)8-5-14/h4-13H,1-3H3,(H,22,23). The first-order valence-corrected chi connectivity index (χ1v) is 9.25. The maximum absolute atomic E-state index is 11.5. The molecule has 0 spiro atoms. The van der Waals surface area contributed by atoms with Crippen molar-refractivity contribution in [3.63, 3.8) is 0 Å². The smallest absolute Gasteiger partial charge is 0.310 e. The molecule has 1 N–H and O–H groups in total. The quantitative estimate of drug-likeness (QED) is 0.763. The molecule has 3 nitrogen and oxygen atoms in total. The number of benzene rings is 2. The van der Waals surface area contributed by atoms with Gasteiger partial charge in [-0.25, -0.2) is 0 Å². The lowest BCUT2D eigenvalue weighted by molar-refractivity contribution is -0.139. The van der Waals surface area contributed by atoms with E-state index in [1.165, 1.54) is 4.90 Å². The molecule has 2 aromatic rings. The van der Waals surface area contributed by atoms with E-state index in [9.17, 15) is 9.90 Å². The predicted molar refractivity (Wildman–Crippen MR) is 104 cm³/mol. The van der Waals surface area contributed by atoms with Crippen molar-refractivity contribution in [2.75, 3.05) is 13.4 Å². The van der Waals surface area contributed by atoms with Crippen molar-refractivity contribution in [1.82, 2.24) is 0 Å². The molecule has 0 radical (unpaired) electrons. The summed E-state index contributed by atoms with van der Waals surface area (Å²) in [6.07, 6.45) is 6.07. The molecule has 128 valence electrons. The Morgan fingerprint density at radius 3 is 2.52 bits per heavy atom. The van der Waals surface area contributed by atoms with Crippen LogP contribution in [0.15, 0.2) is 52.9 Å². The zero-order chi connectivity index (χ0) is 18.0. The van der Waals surface area contributed by atoms with Gasteiger partial charge in [0.05, 0.1) is 13.0 Å². The highest BCUT2D eigenvalue weighted by molar-refractivity contribution is 7.98. The molecule has 0 fully saturated rings. The molecule has 1 aliphatic carbocycles. The zero-order valence-electron chi connectivity index (χ0n) is 14.4. The van der Waals surface area contributed by atoms with Crippen molar-refractivity contribution in [1.29, 1.82) is 0 Å². The molecule has 1 atom stereocenters. The second-order valence-electron chi connectivity index (χ2n) is 5.94. The van der Waals surface area contributed by atoms with Crippen molar-refractivity contribution in [3.05, 3.63) is 64.7 Å². The van der Waals surface area contributed by atoms with E-state index in [0.717, 1.165) is 33.6 Å². The van der Waals surface area contributed by atoms with Crippen LogP contribution in [0.4, 0.5) is 0 Å². The Bertz CT molecular complexity index is 863. The molecule has 0 bridgehead atoms. The maximum Gasteiger partial charge on any atom is 0.310 e. The molecule has 0 saturated carbocycles. The van der Waals surface area contributed by atoms with Crippen LogP contribution in [0.2, 0.25) is 0 Å². The molecular formula is C21H20O3S. The predicted octanol–water partition coefficient (Wildman–Crippen LogP) is 5.08. The lowest BCUT2D eigenvalue weighted by Gasteiger charge is -2.12. The van der Waals surface area contributed by atoms with Gasteiger partial charge in [-0.05, 0) is 77.4 Å². The van der Waals surface area contributed by atoms with E-state index < -0.39 is 11.9 Å². The van der Waals surface area contributed by atoms with E-state index in [0.29, 0.717) is 0 Å². The van der Waals surface area contributed by atoms with E-state index in [-0.39, 0.29) is 0 Å². The number of hydrogen-bond acceptors (Lipinski definition) is 3. The van der Waals surface area contributed by atoms with Gasteiger partial charge in [0, 0.05) is 4.90 Å². The highest BCUT2D eigenvalue weighted by Gasteiger charge is 2.27. The number of fused-ring (bicyclic) bond motifs is 1. The summed E-state index contributed by atoms with van der Waals surface area (Å²) in [6, 6.07) is 14.1. The van der Waals surface area contributed by atoms with E-state index in [2.05, 4.69) is 30.3 Å². The summed E-state index contributed by atoms with van der Waals surface area (Å²) in [7, 11) is 1.63. The van der Waals surface area contributed by atoms with Gasteiger partial charge >= 0.3 is 5.97 Å². The van der Waals surface area contributed by atoms with Gasteiger partial charge in [0.2, 0.25) is 0 Å². The van der Waals surface area contributed by atoms with Gasteiger partial charge in [-0.1, -0.05) is 18.2 Å². The molecule has 0 aromatic heterocycles. The van der Waals surface area contributed by atoms with Gasteiger partial charge < -0.3 is 9.84 Å². The monoisotopic (exact) mass is 352 g/mol. The molecular weight excluding hydrogens is 332 g/mol. The van der Waals surface area contributed by atoms with Crippen LogP contribution in [-0.2, 0) is 4.79 Å². The number of thioether (sulfide) groups is 1. The minimum atomic E-state index is -0.824. The highest BCUT2D eigenvalue weighted by atomic mass is 32.2. The fourth-order valence-electron chi connectivity index (χ4n) is 2.95. The number of aliphatic carboxylic acids is 1. The number of allylic oxidation sites excluding steroid dienone is 1. The first kappa shape index (κ1) is 17.4. The third kappa shape index (κ3) is 3.49. The third-order valence-electron chi connectivity index (χ3n) is 4.43. The van der Waals surface area contributed by atoms with Crippen LogP contribution in [0.1, 0.15) is 23.6 Å². The lowest BCUT2D eigenvalue weighted by Crippen LogP contribution is -2.11. The molecule has 0 aliphatic heterocycles. The molecule has 4 heteroatoms. The van der Waals surface area contributed by atoms with Gasteiger partial charge in [0.1, 0.15) is 5.75 Å². The van der Waals surface area contributed by atoms with Gasteiger partial charge in [0.15, 0.2) is 0 Å². The van der Waals surface area contributed by atoms with Crippen LogP contribution in [0.25, 0.3) is 17.7 Å². The Labute approximate surface area is 152 Å². The fraction of sp³-hybridized carbons (Fsp3) is 0.190. The van der Waals surface area contributed by atoms with E-state index >= 15 is 0 Å². The van der Waals surface area contributed by atoms with E-state index in [1.54, 1.807) is 25.8 Å². The van der Waals surface area contributed by atoms with Crippen LogP contribution in [0.5, 0.6) is 5.75 Å². The Morgan fingerprint density at radius 2 is 1.92 bits per heavy atom. The van der Waals surface area contributed by atoms with Gasteiger partial charge in [-0.15, -0.1) is 11.8 Å². The van der Waals surface area contributed by atoms with Gasteiger partial charge in [-0.2, -0.15) is 0 Å². The van der Waals surface area contributed by atoms with Crippen molar-refractivity contribution >= 4 is 35.5 Å². The number of ether oxygens (including phenoxy) is 1. The summed E-state index contributed by atoms with van der Waals surface area (Å²) in [5, 5.41) is 9.48. The van der Waals surface area contributed by atoms with Crippen LogP contribution >= 0.6 is 11.8 Å². The second-order valence-corrected chi connectivity index (χ2v) is 6.82. The molecule has 0 amide bonds. The first-order chi connectivity index (χ1) is 12.0. The molecule has 3 rings (SSSR count). The Kier molecular flexibility index (Phi) is 5.00. The Morgan fingerprint density at radius 1 is 1.20 bits per heavy atom. The third-order valence-corrected chi connectivity index (χ3v) is 5.18. The van der Waals surface area contributed by atoms with Crippen molar-refractivity contribution in [3.8, 4) is 5.75 Å². The molecule has 2 aromatic carbocycles. The minimum Gasteiger partial charge on any atom is -0.497 e. The molecule has 0 saturated heterocycles. The highest BCUT2D eigenvalue weighted by Crippen LogP contribution is 2.41. The topological polar surface area (TPSA) is 46.5 Å². The maximum atomic E-state index is 11.5. The average molecular weight is 352 g/mol. The number of rotatable bonds is 5. The number of hydrogen-bond donors (Lipinski definition) is 1. The fourth-order valence-corrected chi connectivity index (χ4v) is 3.36. The molecule has 1 aliphatic rings. The minimum absolute atomic E-state index is 0.574. The van der Waals surface area contributed by atoms with Crippen molar-refractivity contribution < 1.29 is 14.6 Å². The number of carboxylic acid groups (broad SMARTS) is 1. The summed E-state index contributed by atoms with van der Waals surface area (Å²) in [5.41, 5.74) is 4.88. The number of carbonyl (C=O) groups is 1. The number of methoxy groups -OCH3 is 1. The van der Waals surface area contributed by atoms with Gasteiger partial charge in [-0.3, -0.25) is 4.79 Å². The van der Waals surface area contributed by atoms with Gasteiger partial charge in [0.25, 0.3) is 0 Å².